The van der Waals surface area contributed by atoms with E-state index in [0.29, 0.717) is 0 Å². The second kappa shape index (κ2) is 4.60. The molecule has 4 aliphatic rings. The highest BCUT2D eigenvalue weighted by molar-refractivity contribution is 5.21. The molecule has 106 valence electrons. The molecule has 0 aromatic rings. The number of allylic oxidation sites excluding steroid dienone is 2. The molecular formula is C17H26O2. The summed E-state index contributed by atoms with van der Waals surface area (Å²) in [4.78, 5) is 0. The molecule has 4 bridgehead atoms. The first kappa shape index (κ1) is 12.4. The highest BCUT2D eigenvalue weighted by Crippen LogP contribution is 2.69. The Bertz CT molecular complexity index is 377. The fraction of sp³-hybridized carbons (Fsp3) is 0.882. The zero-order valence-electron chi connectivity index (χ0n) is 12.1. The Labute approximate surface area is 116 Å². The van der Waals surface area contributed by atoms with Crippen molar-refractivity contribution in [3.8, 4) is 0 Å². The van der Waals surface area contributed by atoms with Gasteiger partial charge in [-0.2, -0.15) is 0 Å². The van der Waals surface area contributed by atoms with Gasteiger partial charge in [-0.3, -0.25) is 0 Å². The Morgan fingerprint density at radius 2 is 1.58 bits per heavy atom. The number of hydrogen-bond donors (Lipinski definition) is 0. The highest BCUT2D eigenvalue weighted by atomic mass is 16.5. The maximum atomic E-state index is 5.56. The van der Waals surface area contributed by atoms with E-state index >= 15 is 0 Å². The van der Waals surface area contributed by atoms with Crippen molar-refractivity contribution in [3.05, 3.63) is 12.2 Å². The van der Waals surface area contributed by atoms with E-state index in [0.717, 1.165) is 60.6 Å². The average molecular weight is 262 g/mol. The van der Waals surface area contributed by atoms with Crippen LogP contribution in [-0.2, 0) is 9.47 Å². The average Bonchev–Trinajstić information content (AvgIpc) is 3.14. The van der Waals surface area contributed by atoms with Gasteiger partial charge in [0.05, 0.1) is 0 Å². The molecular weight excluding hydrogens is 236 g/mol. The van der Waals surface area contributed by atoms with Crippen LogP contribution in [0.2, 0.25) is 0 Å². The second-order valence-corrected chi connectivity index (χ2v) is 7.23. The minimum atomic E-state index is 0.805. The van der Waals surface area contributed by atoms with Crippen LogP contribution in [0.15, 0.2) is 12.2 Å². The van der Waals surface area contributed by atoms with E-state index in [4.69, 9.17) is 9.47 Å². The Kier molecular flexibility index (Phi) is 3.00. The van der Waals surface area contributed by atoms with Gasteiger partial charge in [-0.05, 0) is 66.6 Å². The lowest BCUT2D eigenvalue weighted by atomic mass is 9.64. The number of fused-ring (bicyclic) bond motifs is 9. The van der Waals surface area contributed by atoms with E-state index in [1.54, 1.807) is 0 Å². The third kappa shape index (κ3) is 1.62. The normalized spacial score (nSPS) is 53.2. The van der Waals surface area contributed by atoms with Crippen molar-refractivity contribution in [2.24, 2.45) is 47.3 Å². The highest BCUT2D eigenvalue weighted by Gasteiger charge is 2.63. The number of ether oxygens (including phenoxy) is 2. The maximum absolute atomic E-state index is 5.56. The standard InChI is InChI=1S/C17H26O2/c1-18-6-5-12-13-8-14(15(12)9-19-2)17-11-4-3-10(7-11)16(13)17/h3-4,10-17H,5-9H2,1-2H3. The minimum Gasteiger partial charge on any atom is -0.385 e. The van der Waals surface area contributed by atoms with E-state index in [9.17, 15) is 0 Å². The molecule has 8 atom stereocenters. The molecule has 4 rings (SSSR count). The van der Waals surface area contributed by atoms with E-state index in [-0.39, 0.29) is 0 Å². The van der Waals surface area contributed by atoms with Gasteiger partial charge < -0.3 is 9.47 Å². The van der Waals surface area contributed by atoms with E-state index < -0.39 is 0 Å². The molecule has 0 saturated heterocycles. The van der Waals surface area contributed by atoms with Gasteiger partial charge in [0, 0.05) is 27.4 Å². The summed E-state index contributed by atoms with van der Waals surface area (Å²) in [6.45, 7) is 1.90. The Morgan fingerprint density at radius 1 is 0.895 bits per heavy atom. The lowest BCUT2D eigenvalue weighted by Crippen LogP contribution is -2.39. The third-order valence-corrected chi connectivity index (χ3v) is 6.78. The summed E-state index contributed by atoms with van der Waals surface area (Å²) in [5.74, 6) is 7.40. The van der Waals surface area contributed by atoms with Gasteiger partial charge in [0.15, 0.2) is 0 Å². The smallest absolute Gasteiger partial charge is 0.0496 e. The Balaban J connectivity index is 1.58. The van der Waals surface area contributed by atoms with Crippen molar-refractivity contribution in [2.75, 3.05) is 27.4 Å². The predicted octanol–water partition coefficient (Wildman–Crippen LogP) is 2.99. The molecule has 0 radical (unpaired) electrons. The predicted molar refractivity (Wildman–Crippen MR) is 74.7 cm³/mol. The molecule has 2 nitrogen and oxygen atoms in total. The fourth-order valence-electron chi connectivity index (χ4n) is 6.41. The van der Waals surface area contributed by atoms with Crippen molar-refractivity contribution in [1.29, 1.82) is 0 Å². The molecule has 19 heavy (non-hydrogen) atoms. The maximum Gasteiger partial charge on any atom is 0.0496 e. The molecule has 0 N–H and O–H groups in total. The van der Waals surface area contributed by atoms with Gasteiger partial charge in [0.2, 0.25) is 0 Å². The van der Waals surface area contributed by atoms with Crippen molar-refractivity contribution < 1.29 is 9.47 Å². The third-order valence-electron chi connectivity index (χ3n) is 6.78. The van der Waals surface area contributed by atoms with Gasteiger partial charge in [0.1, 0.15) is 0 Å². The van der Waals surface area contributed by atoms with Gasteiger partial charge in [-0.25, -0.2) is 0 Å². The SMILES string of the molecule is COCCC1C(COC)C2CC1C1C3C=CC(C3)C21. The molecule has 0 heterocycles. The Morgan fingerprint density at radius 3 is 2.21 bits per heavy atom. The largest absolute Gasteiger partial charge is 0.385 e. The molecule has 0 aliphatic heterocycles. The van der Waals surface area contributed by atoms with Gasteiger partial charge in [-0.15, -0.1) is 0 Å². The van der Waals surface area contributed by atoms with Crippen LogP contribution in [0.4, 0.5) is 0 Å². The molecule has 3 fully saturated rings. The van der Waals surface area contributed by atoms with Crippen LogP contribution in [0.1, 0.15) is 19.3 Å². The van der Waals surface area contributed by atoms with E-state index in [1.165, 1.54) is 19.3 Å². The summed E-state index contributed by atoms with van der Waals surface area (Å²) in [5, 5.41) is 0. The van der Waals surface area contributed by atoms with Crippen LogP contribution in [0, 0.1) is 47.3 Å². The van der Waals surface area contributed by atoms with Gasteiger partial charge in [0.25, 0.3) is 0 Å². The van der Waals surface area contributed by atoms with Crippen LogP contribution in [0.5, 0.6) is 0 Å². The lowest BCUT2D eigenvalue weighted by molar-refractivity contribution is 0.0169. The van der Waals surface area contributed by atoms with Gasteiger partial charge >= 0.3 is 0 Å². The number of rotatable bonds is 5. The van der Waals surface area contributed by atoms with Crippen molar-refractivity contribution in [2.45, 2.75) is 19.3 Å². The first-order valence-electron chi connectivity index (χ1n) is 8.01. The summed E-state index contributed by atoms with van der Waals surface area (Å²) >= 11 is 0. The minimum absolute atomic E-state index is 0.805. The Hall–Kier alpha value is -0.340. The van der Waals surface area contributed by atoms with Crippen LogP contribution in [-0.4, -0.2) is 27.4 Å². The zero-order chi connectivity index (χ0) is 13.0. The molecule has 0 aromatic heterocycles. The molecule has 2 heteroatoms. The monoisotopic (exact) mass is 262 g/mol. The summed E-state index contributed by atoms with van der Waals surface area (Å²) in [5.41, 5.74) is 0. The van der Waals surface area contributed by atoms with Crippen LogP contribution < -0.4 is 0 Å². The molecule has 0 amide bonds. The number of methoxy groups -OCH3 is 2. The van der Waals surface area contributed by atoms with E-state index in [1.807, 2.05) is 14.2 Å². The van der Waals surface area contributed by atoms with Crippen LogP contribution >= 0.6 is 0 Å². The zero-order valence-corrected chi connectivity index (χ0v) is 12.1. The fourth-order valence-corrected chi connectivity index (χ4v) is 6.41. The summed E-state index contributed by atoms with van der Waals surface area (Å²) in [6.07, 6.45) is 9.24. The van der Waals surface area contributed by atoms with Crippen molar-refractivity contribution in [1.82, 2.24) is 0 Å². The first-order valence-corrected chi connectivity index (χ1v) is 8.01. The number of hydrogen-bond acceptors (Lipinski definition) is 2. The molecule has 4 aliphatic carbocycles. The molecule has 0 spiro atoms. The topological polar surface area (TPSA) is 18.5 Å². The van der Waals surface area contributed by atoms with Crippen molar-refractivity contribution >= 4 is 0 Å². The van der Waals surface area contributed by atoms with Crippen LogP contribution in [0.25, 0.3) is 0 Å². The molecule has 3 saturated carbocycles. The quantitative estimate of drug-likeness (QED) is 0.560. The first-order chi connectivity index (χ1) is 9.35. The molecule has 8 unspecified atom stereocenters. The van der Waals surface area contributed by atoms with Crippen molar-refractivity contribution in [3.63, 3.8) is 0 Å². The summed E-state index contributed by atoms with van der Waals surface area (Å²) in [7, 11) is 3.71. The van der Waals surface area contributed by atoms with E-state index in [2.05, 4.69) is 12.2 Å². The van der Waals surface area contributed by atoms with Crippen LogP contribution in [0.3, 0.4) is 0 Å². The lowest BCUT2D eigenvalue weighted by Gasteiger charge is -2.41. The molecule has 0 aromatic carbocycles. The summed E-state index contributed by atoms with van der Waals surface area (Å²) in [6, 6.07) is 0. The second-order valence-electron chi connectivity index (χ2n) is 7.23. The summed E-state index contributed by atoms with van der Waals surface area (Å²) < 4.78 is 10.9. The van der Waals surface area contributed by atoms with Gasteiger partial charge in [-0.1, -0.05) is 12.2 Å².